The third-order valence-corrected chi connectivity index (χ3v) is 3.06. The fourth-order valence-corrected chi connectivity index (χ4v) is 2.07. The van der Waals surface area contributed by atoms with Crippen LogP contribution in [0.15, 0.2) is 18.5 Å². The van der Waals surface area contributed by atoms with Crippen molar-refractivity contribution in [2.75, 3.05) is 13.1 Å². The number of carbonyl (C=O) groups is 1. The molecule has 0 aliphatic heterocycles. The molecular formula is C13H17N3O. The smallest absolute Gasteiger partial charge is 0.256 e. The number of nitrogens with zero attached hydrogens (tertiary/aromatic N) is 2. The van der Waals surface area contributed by atoms with Crippen molar-refractivity contribution >= 4 is 16.9 Å². The number of H-pyrrole nitrogens is 1. The van der Waals surface area contributed by atoms with Crippen LogP contribution in [0.25, 0.3) is 11.0 Å². The van der Waals surface area contributed by atoms with Gasteiger partial charge in [-0.25, -0.2) is 4.98 Å². The fraction of sp³-hybridized carbons (Fsp3) is 0.385. The summed E-state index contributed by atoms with van der Waals surface area (Å²) in [4.78, 5) is 21.4. The molecule has 0 fully saturated rings. The first-order chi connectivity index (χ1) is 8.19. The monoisotopic (exact) mass is 231 g/mol. The second-order valence-corrected chi connectivity index (χ2v) is 4.03. The first-order valence-corrected chi connectivity index (χ1v) is 5.91. The summed E-state index contributed by atoms with van der Waals surface area (Å²) in [6.45, 7) is 7.42. The summed E-state index contributed by atoms with van der Waals surface area (Å²) in [7, 11) is 0. The topological polar surface area (TPSA) is 49.0 Å². The molecule has 2 aromatic heterocycles. The van der Waals surface area contributed by atoms with E-state index in [-0.39, 0.29) is 5.91 Å². The Labute approximate surface area is 101 Å². The van der Waals surface area contributed by atoms with Crippen LogP contribution in [0.4, 0.5) is 0 Å². The van der Waals surface area contributed by atoms with E-state index in [9.17, 15) is 4.79 Å². The zero-order valence-corrected chi connectivity index (χ0v) is 10.4. The molecule has 2 rings (SSSR count). The SMILES string of the molecule is CCN(CC)C(=O)c1c[nH]c2nccc(C)c12. The standard InChI is InChI=1S/C13H17N3O/c1-4-16(5-2)13(17)10-8-15-12-11(10)9(3)6-7-14-12/h6-8H,4-5H2,1-3H3,(H,14,15). The number of nitrogens with one attached hydrogen (secondary N) is 1. The average Bonchev–Trinajstić information content (AvgIpc) is 2.75. The summed E-state index contributed by atoms with van der Waals surface area (Å²) in [5.41, 5.74) is 2.57. The van der Waals surface area contributed by atoms with Gasteiger partial charge in [0.05, 0.1) is 5.56 Å². The van der Waals surface area contributed by atoms with Crippen LogP contribution in [0.2, 0.25) is 0 Å². The minimum atomic E-state index is 0.0670. The van der Waals surface area contributed by atoms with Crippen LogP contribution in [0.1, 0.15) is 29.8 Å². The van der Waals surface area contributed by atoms with Gasteiger partial charge in [-0.2, -0.15) is 0 Å². The normalized spacial score (nSPS) is 10.8. The number of hydrogen-bond donors (Lipinski definition) is 1. The molecule has 4 nitrogen and oxygen atoms in total. The van der Waals surface area contributed by atoms with Crippen molar-refractivity contribution in [1.82, 2.24) is 14.9 Å². The molecule has 0 bridgehead atoms. The van der Waals surface area contributed by atoms with Gasteiger partial charge in [-0.15, -0.1) is 0 Å². The molecule has 4 heteroatoms. The number of aryl methyl sites for hydroxylation is 1. The number of amides is 1. The maximum Gasteiger partial charge on any atom is 0.256 e. The molecule has 0 spiro atoms. The number of aromatic nitrogens is 2. The predicted molar refractivity (Wildman–Crippen MR) is 68.1 cm³/mol. The molecule has 0 aromatic carbocycles. The minimum Gasteiger partial charge on any atom is -0.345 e. The summed E-state index contributed by atoms with van der Waals surface area (Å²) >= 11 is 0. The number of rotatable bonds is 3. The molecule has 0 atom stereocenters. The van der Waals surface area contributed by atoms with E-state index < -0.39 is 0 Å². The molecule has 1 amide bonds. The van der Waals surface area contributed by atoms with E-state index in [1.165, 1.54) is 0 Å². The zero-order valence-electron chi connectivity index (χ0n) is 10.4. The second kappa shape index (κ2) is 4.57. The highest BCUT2D eigenvalue weighted by Gasteiger charge is 2.18. The van der Waals surface area contributed by atoms with Crippen molar-refractivity contribution < 1.29 is 4.79 Å². The third kappa shape index (κ3) is 1.90. The third-order valence-electron chi connectivity index (χ3n) is 3.06. The van der Waals surface area contributed by atoms with Crippen molar-refractivity contribution in [2.45, 2.75) is 20.8 Å². The van der Waals surface area contributed by atoms with Crippen molar-refractivity contribution in [3.05, 3.63) is 29.6 Å². The lowest BCUT2D eigenvalue weighted by molar-refractivity contribution is 0.0775. The van der Waals surface area contributed by atoms with E-state index in [0.717, 1.165) is 29.7 Å². The Morgan fingerprint density at radius 2 is 2.12 bits per heavy atom. The summed E-state index contributed by atoms with van der Waals surface area (Å²) in [5, 5.41) is 0.935. The van der Waals surface area contributed by atoms with E-state index in [0.29, 0.717) is 5.56 Å². The Balaban J connectivity index is 2.52. The van der Waals surface area contributed by atoms with Crippen LogP contribution < -0.4 is 0 Å². The maximum atomic E-state index is 12.3. The lowest BCUT2D eigenvalue weighted by Crippen LogP contribution is -2.30. The maximum absolute atomic E-state index is 12.3. The number of pyridine rings is 1. The van der Waals surface area contributed by atoms with Crippen LogP contribution in [-0.4, -0.2) is 33.9 Å². The lowest BCUT2D eigenvalue weighted by atomic mass is 10.1. The van der Waals surface area contributed by atoms with Crippen LogP contribution in [0.3, 0.4) is 0 Å². The van der Waals surface area contributed by atoms with E-state index in [1.807, 2.05) is 31.7 Å². The van der Waals surface area contributed by atoms with Gasteiger partial charge in [-0.05, 0) is 32.4 Å². The molecular weight excluding hydrogens is 214 g/mol. The highest BCUT2D eigenvalue weighted by molar-refractivity contribution is 6.06. The van der Waals surface area contributed by atoms with Crippen LogP contribution >= 0.6 is 0 Å². The summed E-state index contributed by atoms with van der Waals surface area (Å²) < 4.78 is 0. The molecule has 0 aliphatic rings. The Kier molecular flexibility index (Phi) is 3.13. The Hall–Kier alpha value is -1.84. The number of aromatic amines is 1. The number of carbonyl (C=O) groups excluding carboxylic acids is 1. The average molecular weight is 231 g/mol. The molecule has 2 heterocycles. The van der Waals surface area contributed by atoms with Crippen molar-refractivity contribution in [3.63, 3.8) is 0 Å². The van der Waals surface area contributed by atoms with Gasteiger partial charge >= 0.3 is 0 Å². The van der Waals surface area contributed by atoms with E-state index >= 15 is 0 Å². The van der Waals surface area contributed by atoms with Gasteiger partial charge in [0, 0.05) is 30.9 Å². The second-order valence-electron chi connectivity index (χ2n) is 4.03. The van der Waals surface area contributed by atoms with Crippen LogP contribution in [0, 0.1) is 6.92 Å². The van der Waals surface area contributed by atoms with Gasteiger partial charge in [0.15, 0.2) is 0 Å². The molecule has 0 radical (unpaired) electrons. The van der Waals surface area contributed by atoms with Crippen LogP contribution in [-0.2, 0) is 0 Å². The molecule has 1 N–H and O–H groups in total. The van der Waals surface area contributed by atoms with E-state index in [4.69, 9.17) is 0 Å². The van der Waals surface area contributed by atoms with Gasteiger partial charge < -0.3 is 9.88 Å². The quantitative estimate of drug-likeness (QED) is 0.881. The molecule has 0 saturated heterocycles. The lowest BCUT2D eigenvalue weighted by Gasteiger charge is -2.18. The summed E-state index contributed by atoms with van der Waals surface area (Å²) in [6, 6.07) is 1.93. The highest BCUT2D eigenvalue weighted by Crippen LogP contribution is 2.21. The number of hydrogen-bond acceptors (Lipinski definition) is 2. The molecule has 0 saturated carbocycles. The summed E-state index contributed by atoms with van der Waals surface area (Å²) in [5.74, 6) is 0.0670. The zero-order chi connectivity index (χ0) is 12.4. The van der Waals surface area contributed by atoms with E-state index in [2.05, 4.69) is 9.97 Å². The van der Waals surface area contributed by atoms with Gasteiger partial charge in [-0.3, -0.25) is 4.79 Å². The Morgan fingerprint density at radius 1 is 1.41 bits per heavy atom. The highest BCUT2D eigenvalue weighted by atomic mass is 16.2. The molecule has 17 heavy (non-hydrogen) atoms. The van der Waals surface area contributed by atoms with Crippen LogP contribution in [0.5, 0.6) is 0 Å². The first kappa shape index (κ1) is 11.6. The molecule has 90 valence electrons. The first-order valence-electron chi connectivity index (χ1n) is 5.91. The van der Waals surface area contributed by atoms with E-state index in [1.54, 1.807) is 12.4 Å². The van der Waals surface area contributed by atoms with Gasteiger partial charge in [0.2, 0.25) is 0 Å². The summed E-state index contributed by atoms with van der Waals surface area (Å²) in [6.07, 6.45) is 3.51. The minimum absolute atomic E-state index is 0.0670. The Morgan fingerprint density at radius 3 is 2.76 bits per heavy atom. The van der Waals surface area contributed by atoms with Gasteiger partial charge in [-0.1, -0.05) is 0 Å². The Bertz CT molecular complexity index is 541. The molecule has 0 aliphatic carbocycles. The van der Waals surface area contributed by atoms with Gasteiger partial charge in [0.25, 0.3) is 5.91 Å². The van der Waals surface area contributed by atoms with Gasteiger partial charge in [0.1, 0.15) is 5.65 Å². The molecule has 2 aromatic rings. The fourth-order valence-electron chi connectivity index (χ4n) is 2.07. The number of fused-ring (bicyclic) bond motifs is 1. The van der Waals surface area contributed by atoms with Crippen molar-refractivity contribution in [3.8, 4) is 0 Å². The molecule has 0 unspecified atom stereocenters. The van der Waals surface area contributed by atoms with Crippen molar-refractivity contribution in [1.29, 1.82) is 0 Å². The predicted octanol–water partition coefficient (Wildman–Crippen LogP) is 2.35. The largest absolute Gasteiger partial charge is 0.345 e. The van der Waals surface area contributed by atoms with Crippen molar-refractivity contribution in [2.24, 2.45) is 0 Å².